The van der Waals surface area contributed by atoms with Crippen molar-refractivity contribution in [1.82, 2.24) is 0 Å². The molecule has 3 nitrogen and oxygen atoms in total. The molecular weight excluding hydrogens is 187 g/mol. The van der Waals surface area contributed by atoms with Gasteiger partial charge in [0.15, 0.2) is 0 Å². The Morgan fingerprint density at radius 1 is 1.46 bits per heavy atom. The number of rotatable bonds is 3. The van der Waals surface area contributed by atoms with Crippen LogP contribution in [0.15, 0.2) is 0 Å². The second-order valence-electron chi connectivity index (χ2n) is 3.37. The van der Waals surface area contributed by atoms with Gasteiger partial charge in [0.2, 0.25) is 5.54 Å². The van der Waals surface area contributed by atoms with Crippen LogP contribution in [0, 0.1) is 5.92 Å². The maximum Gasteiger partial charge on any atom is 0.417 e. The van der Waals surface area contributed by atoms with Crippen molar-refractivity contribution in [1.29, 1.82) is 0 Å². The zero-order chi connectivity index (χ0) is 10.9. The van der Waals surface area contributed by atoms with Crippen LogP contribution >= 0.6 is 0 Å². The minimum absolute atomic E-state index is 0.428. The summed E-state index contributed by atoms with van der Waals surface area (Å²) in [6.45, 7) is 2.96. The van der Waals surface area contributed by atoms with Gasteiger partial charge in [-0.2, -0.15) is 13.2 Å². The highest BCUT2D eigenvalue weighted by Gasteiger charge is 2.58. The molecular formula is C7H12F3NO2. The Hall–Kier alpha value is -0.780. The number of carboxylic acid groups (broad SMARTS) is 1. The fraction of sp³-hybridized carbons (Fsp3) is 0.857. The summed E-state index contributed by atoms with van der Waals surface area (Å²) in [5.41, 5.74) is 1.67. The highest BCUT2D eigenvalue weighted by atomic mass is 19.4. The van der Waals surface area contributed by atoms with Gasteiger partial charge in [0.1, 0.15) is 0 Å². The average molecular weight is 199 g/mol. The molecule has 3 N–H and O–H groups in total. The minimum atomic E-state index is -4.91. The van der Waals surface area contributed by atoms with Crippen molar-refractivity contribution in [2.24, 2.45) is 11.7 Å². The fourth-order valence-corrected chi connectivity index (χ4v) is 0.968. The van der Waals surface area contributed by atoms with Gasteiger partial charge in [0.25, 0.3) is 0 Å². The van der Waals surface area contributed by atoms with Crippen LogP contribution in [0.5, 0.6) is 0 Å². The summed E-state index contributed by atoms with van der Waals surface area (Å²) >= 11 is 0. The third-order valence-electron chi connectivity index (χ3n) is 1.62. The Kier molecular flexibility index (Phi) is 3.32. The molecule has 0 bridgehead atoms. The molecule has 1 unspecified atom stereocenters. The summed E-state index contributed by atoms with van der Waals surface area (Å²) in [5.74, 6) is -2.46. The van der Waals surface area contributed by atoms with E-state index in [2.05, 4.69) is 0 Å². The lowest BCUT2D eigenvalue weighted by atomic mass is 9.89. The Labute approximate surface area is 73.7 Å². The van der Waals surface area contributed by atoms with Crippen LogP contribution in [0.2, 0.25) is 0 Å². The van der Waals surface area contributed by atoms with Crippen LogP contribution in [-0.2, 0) is 4.79 Å². The first-order chi connectivity index (χ1) is 5.61. The molecule has 0 aromatic heterocycles. The summed E-state index contributed by atoms with van der Waals surface area (Å²) in [5, 5.41) is 8.37. The van der Waals surface area contributed by atoms with Gasteiger partial charge in [0, 0.05) is 0 Å². The second-order valence-corrected chi connectivity index (χ2v) is 3.37. The molecule has 0 saturated carbocycles. The van der Waals surface area contributed by atoms with E-state index in [1.54, 1.807) is 0 Å². The van der Waals surface area contributed by atoms with Crippen LogP contribution < -0.4 is 5.73 Å². The van der Waals surface area contributed by atoms with Gasteiger partial charge in [-0.3, -0.25) is 0 Å². The third-order valence-corrected chi connectivity index (χ3v) is 1.62. The largest absolute Gasteiger partial charge is 0.480 e. The lowest BCUT2D eigenvalue weighted by Gasteiger charge is -2.28. The molecule has 0 rings (SSSR count). The van der Waals surface area contributed by atoms with Gasteiger partial charge in [-0.05, 0) is 12.3 Å². The molecule has 0 amide bonds. The van der Waals surface area contributed by atoms with E-state index in [9.17, 15) is 18.0 Å². The van der Waals surface area contributed by atoms with Crippen LogP contribution in [0.4, 0.5) is 13.2 Å². The number of halogens is 3. The van der Waals surface area contributed by atoms with E-state index < -0.39 is 30.0 Å². The SMILES string of the molecule is CC(C)CC(N)(C(=O)O)C(F)(F)F. The average Bonchev–Trinajstić information content (AvgIpc) is 1.82. The highest BCUT2D eigenvalue weighted by Crippen LogP contribution is 2.33. The van der Waals surface area contributed by atoms with Crippen LogP contribution in [0.25, 0.3) is 0 Å². The topological polar surface area (TPSA) is 63.3 Å². The molecule has 0 aromatic rings. The Bertz CT molecular complexity index is 202. The number of aliphatic carboxylic acids is 1. The molecule has 0 aliphatic heterocycles. The normalized spacial score (nSPS) is 17.2. The van der Waals surface area contributed by atoms with Crippen molar-refractivity contribution >= 4 is 5.97 Å². The van der Waals surface area contributed by atoms with E-state index in [1.165, 1.54) is 13.8 Å². The van der Waals surface area contributed by atoms with Crippen LogP contribution in [0.3, 0.4) is 0 Å². The summed E-state index contributed by atoms with van der Waals surface area (Å²) in [6, 6.07) is 0. The molecule has 0 fully saturated rings. The summed E-state index contributed by atoms with van der Waals surface area (Å²) in [7, 11) is 0. The van der Waals surface area contributed by atoms with E-state index in [4.69, 9.17) is 10.8 Å². The van der Waals surface area contributed by atoms with Gasteiger partial charge in [0.05, 0.1) is 0 Å². The van der Waals surface area contributed by atoms with Gasteiger partial charge in [-0.15, -0.1) is 0 Å². The highest BCUT2D eigenvalue weighted by molar-refractivity contribution is 5.79. The number of alkyl halides is 3. The molecule has 0 saturated heterocycles. The number of nitrogens with two attached hydrogens (primary N) is 1. The molecule has 0 radical (unpaired) electrons. The number of hydrogen-bond acceptors (Lipinski definition) is 2. The molecule has 78 valence electrons. The van der Waals surface area contributed by atoms with E-state index in [1.807, 2.05) is 0 Å². The Morgan fingerprint density at radius 2 is 1.85 bits per heavy atom. The fourth-order valence-electron chi connectivity index (χ4n) is 0.968. The minimum Gasteiger partial charge on any atom is -0.480 e. The smallest absolute Gasteiger partial charge is 0.417 e. The lowest BCUT2D eigenvalue weighted by Crippen LogP contribution is -2.60. The van der Waals surface area contributed by atoms with E-state index in [0.29, 0.717) is 0 Å². The lowest BCUT2D eigenvalue weighted by molar-refractivity contribution is -0.205. The molecule has 0 aliphatic carbocycles. The Balaban J connectivity index is 4.85. The zero-order valence-electron chi connectivity index (χ0n) is 7.35. The van der Waals surface area contributed by atoms with Gasteiger partial charge >= 0.3 is 12.1 Å². The van der Waals surface area contributed by atoms with Crippen LogP contribution in [-0.4, -0.2) is 22.8 Å². The standard InChI is InChI=1S/C7H12F3NO2/c1-4(2)3-6(11,5(12)13)7(8,9)10/h4H,3,11H2,1-2H3,(H,12,13). The third kappa shape index (κ3) is 2.58. The number of hydrogen-bond donors (Lipinski definition) is 2. The quantitative estimate of drug-likeness (QED) is 0.721. The van der Waals surface area contributed by atoms with Gasteiger partial charge < -0.3 is 10.8 Å². The zero-order valence-corrected chi connectivity index (χ0v) is 7.35. The first kappa shape index (κ1) is 12.2. The number of carboxylic acids is 1. The van der Waals surface area contributed by atoms with E-state index in [0.717, 1.165) is 0 Å². The second kappa shape index (κ2) is 3.53. The maximum atomic E-state index is 12.2. The van der Waals surface area contributed by atoms with Crippen molar-refractivity contribution in [2.45, 2.75) is 32.0 Å². The molecule has 13 heavy (non-hydrogen) atoms. The molecule has 0 aliphatic rings. The van der Waals surface area contributed by atoms with Crippen molar-refractivity contribution in [2.75, 3.05) is 0 Å². The number of carbonyl (C=O) groups is 1. The monoisotopic (exact) mass is 199 g/mol. The predicted octanol–water partition coefficient (Wildman–Crippen LogP) is 1.38. The van der Waals surface area contributed by atoms with Crippen molar-refractivity contribution in [3.63, 3.8) is 0 Å². The summed E-state index contributed by atoms with van der Waals surface area (Å²) in [4.78, 5) is 10.4. The first-order valence-electron chi connectivity index (χ1n) is 3.70. The Morgan fingerprint density at radius 3 is 1.92 bits per heavy atom. The molecule has 0 heterocycles. The molecule has 6 heteroatoms. The molecule has 1 atom stereocenters. The summed E-state index contributed by atoms with van der Waals surface area (Å²) < 4.78 is 36.6. The van der Waals surface area contributed by atoms with E-state index in [-0.39, 0.29) is 0 Å². The molecule has 0 aromatic carbocycles. The predicted molar refractivity (Wildman–Crippen MR) is 40.1 cm³/mol. The van der Waals surface area contributed by atoms with Crippen molar-refractivity contribution < 1.29 is 23.1 Å². The first-order valence-corrected chi connectivity index (χ1v) is 3.70. The maximum absolute atomic E-state index is 12.2. The van der Waals surface area contributed by atoms with E-state index >= 15 is 0 Å². The summed E-state index contributed by atoms with van der Waals surface area (Å²) in [6.07, 6.45) is -5.53. The van der Waals surface area contributed by atoms with Crippen molar-refractivity contribution in [3.8, 4) is 0 Å². The van der Waals surface area contributed by atoms with Gasteiger partial charge in [-0.1, -0.05) is 13.8 Å². The van der Waals surface area contributed by atoms with Crippen LogP contribution in [0.1, 0.15) is 20.3 Å². The molecule has 0 spiro atoms. The van der Waals surface area contributed by atoms with Gasteiger partial charge in [-0.25, -0.2) is 4.79 Å². The van der Waals surface area contributed by atoms with Crippen molar-refractivity contribution in [3.05, 3.63) is 0 Å².